The Bertz CT molecular complexity index is 1590. The molecule has 9 heteroatoms. The van der Waals surface area contributed by atoms with Crippen LogP contribution in [0.2, 0.25) is 0 Å². The SMILES string of the molecule is CC/C=C\C/C=C\C/C=C\C/C=C\C/C=C\C/C=C\C/C=C\CCCCCCCCCCCC(=O)OC(COC(=O)CCCCCCCCCCC/C=C\C/C=C\CCCCC)COC(OCC[N+](C)(C)C)C(=O)[O-]. The minimum Gasteiger partial charge on any atom is -0.545 e. The van der Waals surface area contributed by atoms with Crippen LogP contribution in [0.25, 0.3) is 0 Å². The van der Waals surface area contributed by atoms with Crippen molar-refractivity contribution in [1.29, 1.82) is 0 Å². The standard InChI is InChI=1S/C66H111NO8/c1-6-8-10-12-14-16-18-20-22-24-26-27-28-29-30-31-32-33-34-35-36-37-39-41-43-45-47-49-51-53-55-57-64(69)75-62(61-74-66(65(70)71)72-59-58-67(3,4)5)60-73-63(68)56-54-52-50-48-46-44-42-40-38-25-23-21-19-17-15-13-11-9-7-2/h8,10,14-17,20-23,26-27,29-30,32-33,35-36,62,66H,6-7,9,11-13,18-19,24-25,28,31,34,37-61H2,1-5H3/b10-8-,16-14-,17-15-,22-20-,23-21-,27-26-,30-29-,33-32-,36-35-. The Morgan fingerprint density at radius 3 is 1.13 bits per heavy atom. The monoisotopic (exact) mass is 1050 g/mol. The van der Waals surface area contributed by atoms with E-state index >= 15 is 0 Å². The Balaban J connectivity index is 4.26. The summed E-state index contributed by atoms with van der Waals surface area (Å²) in [6.07, 6.45) is 74.2. The zero-order valence-corrected chi connectivity index (χ0v) is 48.6. The largest absolute Gasteiger partial charge is 0.545 e. The number of aliphatic carboxylic acids is 1. The van der Waals surface area contributed by atoms with E-state index < -0.39 is 24.3 Å². The fourth-order valence-electron chi connectivity index (χ4n) is 7.90. The molecule has 0 aromatic heterocycles. The zero-order valence-electron chi connectivity index (χ0n) is 48.6. The Morgan fingerprint density at radius 1 is 0.413 bits per heavy atom. The molecule has 0 aromatic carbocycles. The molecule has 0 fully saturated rings. The number of hydrogen-bond acceptors (Lipinski definition) is 8. The lowest BCUT2D eigenvalue weighted by Crippen LogP contribution is -2.44. The van der Waals surface area contributed by atoms with Crippen molar-refractivity contribution in [2.75, 3.05) is 47.5 Å². The quantitative estimate of drug-likeness (QED) is 0.0195. The Labute approximate surface area is 460 Å². The second-order valence-corrected chi connectivity index (χ2v) is 20.9. The van der Waals surface area contributed by atoms with Crippen molar-refractivity contribution >= 4 is 17.9 Å². The van der Waals surface area contributed by atoms with Gasteiger partial charge in [-0.15, -0.1) is 0 Å². The molecule has 2 unspecified atom stereocenters. The van der Waals surface area contributed by atoms with Crippen molar-refractivity contribution in [1.82, 2.24) is 0 Å². The van der Waals surface area contributed by atoms with Gasteiger partial charge in [0.2, 0.25) is 0 Å². The number of unbranched alkanes of at least 4 members (excludes halogenated alkanes) is 21. The highest BCUT2D eigenvalue weighted by molar-refractivity contribution is 5.70. The number of ether oxygens (including phenoxy) is 4. The van der Waals surface area contributed by atoms with E-state index in [1.807, 2.05) is 21.1 Å². The molecule has 0 aliphatic rings. The van der Waals surface area contributed by atoms with Gasteiger partial charge >= 0.3 is 11.9 Å². The first-order valence-corrected chi connectivity index (χ1v) is 30.0. The molecule has 0 rings (SSSR count). The summed E-state index contributed by atoms with van der Waals surface area (Å²) in [5, 5.41) is 11.8. The Morgan fingerprint density at radius 2 is 0.760 bits per heavy atom. The van der Waals surface area contributed by atoms with Crippen molar-refractivity contribution in [3.05, 3.63) is 109 Å². The summed E-state index contributed by atoms with van der Waals surface area (Å²) in [4.78, 5) is 37.3. The van der Waals surface area contributed by atoms with Gasteiger partial charge in [0.25, 0.3) is 0 Å². The number of carboxylic acids is 1. The molecule has 9 nitrogen and oxygen atoms in total. The van der Waals surface area contributed by atoms with Crippen LogP contribution in [0.15, 0.2) is 109 Å². The lowest BCUT2D eigenvalue weighted by molar-refractivity contribution is -0.870. The number of hydrogen-bond donors (Lipinski definition) is 0. The van der Waals surface area contributed by atoms with Gasteiger partial charge in [-0.25, -0.2) is 0 Å². The average Bonchev–Trinajstić information content (AvgIpc) is 3.38. The third-order valence-corrected chi connectivity index (χ3v) is 12.5. The number of allylic oxidation sites excluding steroid dienone is 18. The van der Waals surface area contributed by atoms with Gasteiger partial charge in [0.1, 0.15) is 13.2 Å². The fraction of sp³-hybridized carbons (Fsp3) is 0.682. The van der Waals surface area contributed by atoms with Crippen LogP contribution in [-0.2, 0) is 33.3 Å². The predicted molar refractivity (Wildman–Crippen MR) is 315 cm³/mol. The molecule has 0 bridgehead atoms. The first-order valence-electron chi connectivity index (χ1n) is 30.0. The van der Waals surface area contributed by atoms with E-state index in [0.717, 1.165) is 109 Å². The van der Waals surface area contributed by atoms with E-state index in [2.05, 4.69) is 123 Å². The number of quaternary nitrogens is 1. The predicted octanol–water partition coefficient (Wildman–Crippen LogP) is 16.6. The van der Waals surface area contributed by atoms with Crippen molar-refractivity contribution in [2.24, 2.45) is 0 Å². The number of carboxylic acid groups (broad SMARTS) is 1. The maximum Gasteiger partial charge on any atom is 0.306 e. The van der Waals surface area contributed by atoms with Crippen molar-refractivity contribution < 1.29 is 42.9 Å². The summed E-state index contributed by atoms with van der Waals surface area (Å²) in [5.41, 5.74) is 0. The summed E-state index contributed by atoms with van der Waals surface area (Å²) in [7, 11) is 5.91. The van der Waals surface area contributed by atoms with Crippen LogP contribution in [0.3, 0.4) is 0 Å². The van der Waals surface area contributed by atoms with Crippen LogP contribution < -0.4 is 5.11 Å². The Kier molecular flexibility index (Phi) is 53.1. The van der Waals surface area contributed by atoms with Crippen molar-refractivity contribution in [3.63, 3.8) is 0 Å². The molecule has 0 saturated carbocycles. The minimum absolute atomic E-state index is 0.140. The molecule has 2 atom stereocenters. The van der Waals surface area contributed by atoms with E-state index in [1.54, 1.807) is 0 Å². The smallest absolute Gasteiger partial charge is 0.306 e. The van der Waals surface area contributed by atoms with Gasteiger partial charge in [-0.1, -0.05) is 226 Å². The lowest BCUT2D eigenvalue weighted by Gasteiger charge is -2.26. The summed E-state index contributed by atoms with van der Waals surface area (Å²) < 4.78 is 22.7. The molecule has 0 aromatic rings. The number of carbonyl (C=O) groups is 3. The summed E-state index contributed by atoms with van der Waals surface area (Å²) in [6.45, 7) is 4.59. The number of esters is 2. The molecule has 0 N–H and O–H groups in total. The van der Waals surface area contributed by atoms with E-state index in [0.29, 0.717) is 17.4 Å². The first-order chi connectivity index (χ1) is 36.6. The van der Waals surface area contributed by atoms with Crippen LogP contribution in [0.5, 0.6) is 0 Å². The van der Waals surface area contributed by atoms with Crippen molar-refractivity contribution in [2.45, 2.75) is 245 Å². The van der Waals surface area contributed by atoms with Gasteiger partial charge in [0.15, 0.2) is 12.4 Å². The highest BCUT2D eigenvalue weighted by atomic mass is 16.7. The van der Waals surface area contributed by atoms with Gasteiger partial charge < -0.3 is 33.3 Å². The maximum absolute atomic E-state index is 12.9. The third kappa shape index (κ3) is 57.5. The van der Waals surface area contributed by atoms with Crippen LogP contribution in [-0.4, -0.2) is 82.3 Å². The van der Waals surface area contributed by atoms with Crippen LogP contribution in [0.1, 0.15) is 232 Å². The van der Waals surface area contributed by atoms with Crippen LogP contribution in [0, 0.1) is 0 Å². The molecule has 0 saturated heterocycles. The van der Waals surface area contributed by atoms with Crippen LogP contribution >= 0.6 is 0 Å². The molecule has 0 spiro atoms. The van der Waals surface area contributed by atoms with Crippen molar-refractivity contribution in [3.8, 4) is 0 Å². The van der Waals surface area contributed by atoms with E-state index in [4.69, 9.17) is 18.9 Å². The molecule has 0 radical (unpaired) electrons. The highest BCUT2D eigenvalue weighted by Crippen LogP contribution is 2.15. The van der Waals surface area contributed by atoms with Crippen LogP contribution in [0.4, 0.5) is 0 Å². The lowest BCUT2D eigenvalue weighted by atomic mass is 10.1. The second-order valence-electron chi connectivity index (χ2n) is 20.9. The topological polar surface area (TPSA) is 111 Å². The van der Waals surface area contributed by atoms with Gasteiger partial charge in [-0.05, 0) is 103 Å². The number of rotatable bonds is 54. The molecule has 0 amide bonds. The molecule has 428 valence electrons. The molecular weight excluding hydrogens is 935 g/mol. The summed E-state index contributed by atoms with van der Waals surface area (Å²) in [5.74, 6) is -2.30. The highest BCUT2D eigenvalue weighted by Gasteiger charge is 2.22. The minimum atomic E-state index is -1.63. The molecular formula is C66H111NO8. The second kappa shape index (κ2) is 56.2. The normalized spacial score (nSPS) is 13.6. The van der Waals surface area contributed by atoms with E-state index in [-0.39, 0.29) is 38.6 Å². The summed E-state index contributed by atoms with van der Waals surface area (Å²) in [6, 6.07) is 0. The maximum atomic E-state index is 12.9. The van der Waals surface area contributed by atoms with E-state index in [1.165, 1.54) is 89.9 Å². The number of carbonyl (C=O) groups excluding carboxylic acids is 3. The number of likely N-dealkylation sites (N-methyl/N-ethyl adjacent to an activating group) is 1. The fourth-order valence-corrected chi connectivity index (χ4v) is 7.90. The Hall–Kier alpha value is -4.05. The first kappa shape index (κ1) is 71.0. The van der Waals surface area contributed by atoms with Gasteiger partial charge in [0, 0.05) is 12.8 Å². The molecule has 0 aliphatic heterocycles. The van der Waals surface area contributed by atoms with E-state index in [9.17, 15) is 19.5 Å². The van der Waals surface area contributed by atoms with Gasteiger partial charge in [-0.3, -0.25) is 9.59 Å². The molecule has 0 heterocycles. The summed E-state index contributed by atoms with van der Waals surface area (Å²) >= 11 is 0. The molecule has 75 heavy (non-hydrogen) atoms. The third-order valence-electron chi connectivity index (χ3n) is 12.5. The number of nitrogens with zero attached hydrogens (tertiary/aromatic N) is 1. The molecule has 0 aliphatic carbocycles. The van der Waals surface area contributed by atoms with Gasteiger partial charge in [-0.2, -0.15) is 0 Å². The zero-order chi connectivity index (χ0) is 54.8. The average molecular weight is 1050 g/mol. The van der Waals surface area contributed by atoms with Gasteiger partial charge in [0.05, 0.1) is 40.3 Å².